The molecule has 1 aliphatic heterocycles. The molecule has 2 heterocycles. The molecular weight excluding hydrogens is 392 g/mol. The van der Waals surface area contributed by atoms with Gasteiger partial charge in [0.15, 0.2) is 5.13 Å². The largest absolute Gasteiger partial charge is 0.496 e. The Balaban J connectivity index is 1.61. The minimum absolute atomic E-state index is 0.0323. The van der Waals surface area contributed by atoms with Crippen LogP contribution in [-0.2, 0) is 0 Å². The van der Waals surface area contributed by atoms with Crippen molar-refractivity contribution in [2.45, 2.75) is 38.4 Å². The molecule has 1 aromatic heterocycles. The van der Waals surface area contributed by atoms with Gasteiger partial charge in [-0.05, 0) is 37.8 Å². The Kier molecular flexibility index (Phi) is 6.37. The van der Waals surface area contributed by atoms with Crippen molar-refractivity contribution in [3.05, 3.63) is 76.3 Å². The first-order valence-corrected chi connectivity index (χ1v) is 11.3. The van der Waals surface area contributed by atoms with Crippen LogP contribution in [0.2, 0.25) is 0 Å². The van der Waals surface area contributed by atoms with E-state index >= 15 is 0 Å². The number of piperidine rings is 1. The highest BCUT2D eigenvalue weighted by Crippen LogP contribution is 2.39. The van der Waals surface area contributed by atoms with Crippen LogP contribution in [0, 0.1) is 19.8 Å². The molecule has 4 rings (SSSR count). The third-order valence-corrected chi connectivity index (χ3v) is 7.02. The van der Waals surface area contributed by atoms with Crippen molar-refractivity contribution in [1.82, 2.24) is 10.3 Å². The van der Waals surface area contributed by atoms with Gasteiger partial charge in [0.2, 0.25) is 0 Å². The Labute approximate surface area is 182 Å². The van der Waals surface area contributed by atoms with E-state index in [1.807, 2.05) is 18.2 Å². The number of para-hydroxylation sites is 1. The van der Waals surface area contributed by atoms with Crippen molar-refractivity contribution in [2.24, 2.45) is 11.7 Å². The highest BCUT2D eigenvalue weighted by molar-refractivity contribution is 7.15. The van der Waals surface area contributed by atoms with E-state index in [1.54, 1.807) is 18.4 Å². The monoisotopic (exact) mass is 422 g/mol. The molecule has 0 saturated carbocycles. The normalized spacial score (nSPS) is 22.5. The number of ether oxygens (including phenoxy) is 1. The van der Waals surface area contributed by atoms with Gasteiger partial charge in [0.05, 0.1) is 18.8 Å². The number of hydrogen-bond donors (Lipinski definition) is 3. The lowest BCUT2D eigenvalue weighted by molar-refractivity contribution is 0.252. The van der Waals surface area contributed by atoms with Crippen molar-refractivity contribution in [3.63, 3.8) is 0 Å². The first-order chi connectivity index (χ1) is 14.6. The topological polar surface area (TPSA) is 72.2 Å². The second-order valence-corrected chi connectivity index (χ2v) is 9.18. The fourth-order valence-electron chi connectivity index (χ4n) is 4.32. The summed E-state index contributed by atoms with van der Waals surface area (Å²) in [6.07, 6.45) is 0.908. The van der Waals surface area contributed by atoms with Gasteiger partial charge < -0.3 is 21.1 Å². The lowest BCUT2D eigenvalue weighted by atomic mass is 9.81. The molecule has 3 aromatic rings. The predicted molar refractivity (Wildman–Crippen MR) is 124 cm³/mol. The number of aryl methyl sites for hydroxylation is 2. The van der Waals surface area contributed by atoms with Gasteiger partial charge in [0.25, 0.3) is 0 Å². The minimum atomic E-state index is 0.0323. The number of benzene rings is 2. The molecule has 1 aliphatic rings. The number of anilines is 1. The molecule has 1 saturated heterocycles. The molecule has 0 bridgehead atoms. The van der Waals surface area contributed by atoms with Crippen LogP contribution < -0.4 is 21.1 Å². The third kappa shape index (κ3) is 4.36. The molecule has 4 N–H and O–H groups in total. The summed E-state index contributed by atoms with van der Waals surface area (Å²) in [5.41, 5.74) is 10.1. The van der Waals surface area contributed by atoms with Crippen LogP contribution in [0.5, 0.6) is 5.75 Å². The summed E-state index contributed by atoms with van der Waals surface area (Å²) in [5.74, 6) is 1.19. The van der Waals surface area contributed by atoms with E-state index in [9.17, 15) is 0 Å². The van der Waals surface area contributed by atoms with Gasteiger partial charge in [-0.1, -0.05) is 48.5 Å². The van der Waals surface area contributed by atoms with Gasteiger partial charge in [0.1, 0.15) is 5.75 Å². The summed E-state index contributed by atoms with van der Waals surface area (Å²) < 4.78 is 5.69. The molecule has 30 heavy (non-hydrogen) atoms. The first-order valence-electron chi connectivity index (χ1n) is 10.4. The highest BCUT2D eigenvalue weighted by atomic mass is 32.1. The van der Waals surface area contributed by atoms with Crippen molar-refractivity contribution >= 4 is 16.5 Å². The number of rotatable bonds is 6. The zero-order valence-electron chi connectivity index (χ0n) is 17.8. The van der Waals surface area contributed by atoms with Crippen molar-refractivity contribution in [1.29, 1.82) is 0 Å². The van der Waals surface area contributed by atoms with Crippen molar-refractivity contribution in [2.75, 3.05) is 19.0 Å². The van der Waals surface area contributed by atoms with Crippen LogP contribution in [-0.4, -0.2) is 24.7 Å². The van der Waals surface area contributed by atoms with Gasteiger partial charge in [-0.3, -0.25) is 0 Å². The van der Waals surface area contributed by atoms with Gasteiger partial charge >= 0.3 is 0 Å². The Morgan fingerprint density at radius 1 is 1.13 bits per heavy atom. The minimum Gasteiger partial charge on any atom is -0.496 e. The SMILES string of the molecule is COc1ccccc1C(Nc1nc(C)c(C)s1)C1CNC(c2ccccc2)C(N)C1. The van der Waals surface area contributed by atoms with E-state index in [1.165, 1.54) is 10.4 Å². The number of nitrogens with two attached hydrogens (primary N) is 1. The number of hydrogen-bond acceptors (Lipinski definition) is 6. The van der Waals surface area contributed by atoms with E-state index in [0.29, 0.717) is 5.92 Å². The standard InChI is InChI=1S/C24H30N4OS/c1-15-16(2)30-24(27-15)28-22(19-11-7-8-12-21(19)29-3)18-13-20(25)23(26-14-18)17-9-5-4-6-10-17/h4-12,18,20,22-23,26H,13-14,25H2,1-3H3,(H,27,28). The molecule has 4 atom stereocenters. The Hall–Kier alpha value is -2.41. The van der Waals surface area contributed by atoms with Gasteiger partial charge in [-0.15, -0.1) is 11.3 Å². The lowest BCUT2D eigenvalue weighted by Crippen LogP contribution is -2.49. The second kappa shape index (κ2) is 9.16. The maximum absolute atomic E-state index is 6.67. The van der Waals surface area contributed by atoms with E-state index in [4.69, 9.17) is 15.5 Å². The van der Waals surface area contributed by atoms with Crippen LogP contribution in [0.15, 0.2) is 54.6 Å². The zero-order chi connectivity index (χ0) is 21.1. The van der Waals surface area contributed by atoms with Crippen LogP contribution in [0.1, 0.15) is 40.2 Å². The summed E-state index contributed by atoms with van der Waals surface area (Å²) in [6, 6.07) is 19.0. The molecule has 158 valence electrons. The fraction of sp³-hybridized carbons (Fsp3) is 0.375. The number of methoxy groups -OCH3 is 1. The number of thiazole rings is 1. The van der Waals surface area contributed by atoms with Crippen molar-refractivity contribution < 1.29 is 4.74 Å². The molecule has 4 unspecified atom stereocenters. The summed E-state index contributed by atoms with van der Waals surface area (Å²) in [4.78, 5) is 5.96. The second-order valence-electron chi connectivity index (χ2n) is 7.98. The van der Waals surface area contributed by atoms with Crippen LogP contribution >= 0.6 is 11.3 Å². The number of aromatic nitrogens is 1. The summed E-state index contributed by atoms with van der Waals surface area (Å²) in [6.45, 7) is 5.03. The Morgan fingerprint density at radius 3 is 2.53 bits per heavy atom. The Morgan fingerprint density at radius 2 is 1.87 bits per heavy atom. The number of nitrogens with zero attached hydrogens (tertiary/aromatic N) is 1. The summed E-state index contributed by atoms with van der Waals surface area (Å²) in [5, 5.41) is 8.36. The molecule has 0 spiro atoms. The lowest BCUT2D eigenvalue weighted by Gasteiger charge is -2.39. The molecule has 2 aromatic carbocycles. The predicted octanol–water partition coefficient (Wildman–Crippen LogP) is 4.60. The van der Waals surface area contributed by atoms with Gasteiger partial charge in [-0.2, -0.15) is 0 Å². The molecular formula is C24H30N4OS. The van der Waals surface area contributed by atoms with E-state index in [0.717, 1.165) is 35.1 Å². The quantitative estimate of drug-likeness (QED) is 0.541. The fourth-order valence-corrected chi connectivity index (χ4v) is 5.17. The highest BCUT2D eigenvalue weighted by Gasteiger charge is 2.35. The Bertz CT molecular complexity index is 955. The van der Waals surface area contributed by atoms with Crippen molar-refractivity contribution in [3.8, 4) is 5.75 Å². The molecule has 0 radical (unpaired) electrons. The van der Waals surface area contributed by atoms with Crippen LogP contribution in [0.3, 0.4) is 0 Å². The first kappa shape index (κ1) is 20.8. The van der Waals surface area contributed by atoms with Gasteiger partial charge in [0, 0.05) is 29.1 Å². The smallest absolute Gasteiger partial charge is 0.183 e. The molecule has 5 nitrogen and oxygen atoms in total. The van der Waals surface area contributed by atoms with Crippen LogP contribution in [0.25, 0.3) is 0 Å². The third-order valence-electron chi connectivity index (χ3n) is 6.01. The average molecular weight is 423 g/mol. The maximum Gasteiger partial charge on any atom is 0.183 e. The van der Waals surface area contributed by atoms with E-state index in [2.05, 4.69) is 60.9 Å². The number of nitrogens with one attached hydrogen (secondary N) is 2. The maximum atomic E-state index is 6.67. The molecule has 6 heteroatoms. The molecule has 0 amide bonds. The molecule has 1 fully saturated rings. The van der Waals surface area contributed by atoms with Crippen LogP contribution in [0.4, 0.5) is 5.13 Å². The molecule has 0 aliphatic carbocycles. The summed E-state index contributed by atoms with van der Waals surface area (Å²) in [7, 11) is 1.73. The average Bonchev–Trinajstić information content (AvgIpc) is 3.09. The zero-order valence-corrected chi connectivity index (χ0v) is 18.6. The van der Waals surface area contributed by atoms with E-state index < -0.39 is 0 Å². The van der Waals surface area contributed by atoms with Gasteiger partial charge in [-0.25, -0.2) is 4.98 Å². The summed E-state index contributed by atoms with van der Waals surface area (Å²) >= 11 is 1.70. The van der Waals surface area contributed by atoms with E-state index in [-0.39, 0.29) is 18.1 Å².